The maximum Gasteiger partial charge on any atom is 0.335 e. The first-order chi connectivity index (χ1) is 18.0. The predicted molar refractivity (Wildman–Crippen MR) is 147 cm³/mol. The Hall–Kier alpha value is -3.78. The number of aromatic carboxylic acids is 1. The number of benzene rings is 3. The number of hydrogen-bond acceptors (Lipinski definition) is 5. The molecule has 1 aromatic heterocycles. The van der Waals surface area contributed by atoms with Crippen molar-refractivity contribution in [2.24, 2.45) is 5.10 Å². The lowest BCUT2D eigenvalue weighted by Crippen LogP contribution is -2.25. The maximum atomic E-state index is 13.5. The van der Waals surface area contributed by atoms with Gasteiger partial charge in [-0.1, -0.05) is 59.5 Å². The Morgan fingerprint density at radius 2 is 1.89 bits per heavy atom. The Bertz CT molecular complexity index is 1540. The van der Waals surface area contributed by atoms with Crippen LogP contribution >= 0.6 is 15.9 Å². The number of hydrogen-bond donors (Lipinski definition) is 1. The fourth-order valence-corrected chi connectivity index (χ4v) is 5.03. The molecule has 0 unspecified atom stereocenters. The van der Waals surface area contributed by atoms with Gasteiger partial charge in [0.2, 0.25) is 0 Å². The maximum absolute atomic E-state index is 13.5. The van der Waals surface area contributed by atoms with E-state index in [0.717, 1.165) is 41.3 Å². The fourth-order valence-electron chi connectivity index (χ4n) is 4.67. The quantitative estimate of drug-likeness (QED) is 0.265. The lowest BCUT2D eigenvalue weighted by atomic mass is 9.88. The highest BCUT2D eigenvalue weighted by atomic mass is 79.9. The van der Waals surface area contributed by atoms with Crippen LogP contribution in [0.15, 0.2) is 81.1 Å². The molecule has 0 spiro atoms. The van der Waals surface area contributed by atoms with Crippen LogP contribution in [0.2, 0.25) is 0 Å². The molecular weight excluding hydrogens is 534 g/mol. The molecule has 1 fully saturated rings. The van der Waals surface area contributed by atoms with Gasteiger partial charge < -0.3 is 9.84 Å². The molecule has 0 saturated heterocycles. The summed E-state index contributed by atoms with van der Waals surface area (Å²) in [6, 6.07) is 19.6. The zero-order valence-electron chi connectivity index (χ0n) is 20.1. The van der Waals surface area contributed by atoms with E-state index in [2.05, 4.69) is 21.0 Å². The number of carboxylic acids is 1. The SMILES string of the molecule is O=C(O)c1cccc(COc2cccc(C=Nn3c(C4CCCCC4)nc4ccc(Br)cc4c3=O)c2)c1. The first kappa shape index (κ1) is 24.9. The van der Waals surface area contributed by atoms with Gasteiger partial charge in [0, 0.05) is 10.4 Å². The molecule has 1 N–H and O–H groups in total. The molecule has 0 radical (unpaired) electrons. The summed E-state index contributed by atoms with van der Waals surface area (Å²) >= 11 is 3.46. The first-order valence-corrected chi connectivity index (χ1v) is 13.1. The van der Waals surface area contributed by atoms with Crippen LogP contribution in [-0.4, -0.2) is 27.0 Å². The molecule has 37 heavy (non-hydrogen) atoms. The van der Waals surface area contributed by atoms with Crippen molar-refractivity contribution in [3.63, 3.8) is 0 Å². The van der Waals surface area contributed by atoms with Crippen LogP contribution in [0.5, 0.6) is 5.75 Å². The van der Waals surface area contributed by atoms with Crippen molar-refractivity contribution < 1.29 is 14.6 Å². The molecule has 3 aromatic carbocycles. The minimum Gasteiger partial charge on any atom is -0.489 e. The smallest absolute Gasteiger partial charge is 0.335 e. The van der Waals surface area contributed by atoms with Crippen LogP contribution < -0.4 is 10.3 Å². The highest BCUT2D eigenvalue weighted by Gasteiger charge is 2.22. The van der Waals surface area contributed by atoms with Crippen LogP contribution in [0.1, 0.15) is 65.3 Å². The first-order valence-electron chi connectivity index (χ1n) is 12.3. The van der Waals surface area contributed by atoms with Crippen molar-refractivity contribution in [1.29, 1.82) is 0 Å². The van der Waals surface area contributed by atoms with Crippen molar-refractivity contribution in [1.82, 2.24) is 9.66 Å². The Labute approximate surface area is 222 Å². The summed E-state index contributed by atoms with van der Waals surface area (Å²) in [4.78, 5) is 29.6. The minimum absolute atomic E-state index is 0.186. The largest absolute Gasteiger partial charge is 0.489 e. The summed E-state index contributed by atoms with van der Waals surface area (Å²) in [7, 11) is 0. The minimum atomic E-state index is -0.974. The van der Waals surface area contributed by atoms with E-state index < -0.39 is 5.97 Å². The van der Waals surface area contributed by atoms with Crippen LogP contribution in [0, 0.1) is 0 Å². The van der Waals surface area contributed by atoms with Gasteiger partial charge in [0.25, 0.3) is 5.56 Å². The molecule has 0 amide bonds. The predicted octanol–water partition coefficient (Wildman–Crippen LogP) is 6.37. The lowest BCUT2D eigenvalue weighted by Gasteiger charge is -2.22. The van der Waals surface area contributed by atoms with Gasteiger partial charge in [-0.2, -0.15) is 9.78 Å². The zero-order valence-corrected chi connectivity index (χ0v) is 21.7. The number of nitrogens with zero attached hydrogens (tertiary/aromatic N) is 3. The van der Waals surface area contributed by atoms with Crippen molar-refractivity contribution in [2.75, 3.05) is 0 Å². The lowest BCUT2D eigenvalue weighted by molar-refractivity contribution is 0.0696. The fraction of sp³-hybridized carbons (Fsp3) is 0.241. The number of ether oxygens (including phenoxy) is 1. The topological polar surface area (TPSA) is 93.8 Å². The van der Waals surface area contributed by atoms with Crippen molar-refractivity contribution in [3.05, 3.63) is 104 Å². The molecule has 1 heterocycles. The van der Waals surface area contributed by atoms with Gasteiger partial charge in [0.15, 0.2) is 0 Å². The summed E-state index contributed by atoms with van der Waals surface area (Å²) in [5.41, 5.74) is 2.25. The van der Waals surface area contributed by atoms with E-state index in [1.54, 1.807) is 30.5 Å². The number of carboxylic acid groups (broad SMARTS) is 1. The third kappa shape index (κ3) is 5.80. The van der Waals surface area contributed by atoms with E-state index in [4.69, 9.17) is 9.72 Å². The Balaban J connectivity index is 1.43. The third-order valence-corrected chi connectivity index (χ3v) is 7.06. The molecule has 7 nitrogen and oxygen atoms in total. The second kappa shape index (κ2) is 11.1. The molecule has 1 aliphatic carbocycles. The molecule has 188 valence electrons. The summed E-state index contributed by atoms with van der Waals surface area (Å²) in [6.07, 6.45) is 7.09. The normalized spacial score (nSPS) is 14.3. The van der Waals surface area contributed by atoms with Crippen molar-refractivity contribution >= 4 is 39.0 Å². The number of carbonyl (C=O) groups is 1. The van der Waals surface area contributed by atoms with E-state index in [9.17, 15) is 14.7 Å². The van der Waals surface area contributed by atoms with Crippen LogP contribution in [0.3, 0.4) is 0 Å². The van der Waals surface area contributed by atoms with E-state index in [1.165, 1.54) is 11.1 Å². The number of rotatable bonds is 7. The molecular formula is C29H26BrN3O4. The van der Waals surface area contributed by atoms with Crippen molar-refractivity contribution in [3.8, 4) is 5.75 Å². The van der Waals surface area contributed by atoms with Crippen LogP contribution in [-0.2, 0) is 6.61 Å². The summed E-state index contributed by atoms with van der Waals surface area (Å²) in [5, 5.41) is 14.3. The highest BCUT2D eigenvalue weighted by molar-refractivity contribution is 9.10. The average molecular weight is 560 g/mol. The molecule has 1 aliphatic rings. The number of halogens is 1. The summed E-state index contributed by atoms with van der Waals surface area (Å²) in [6.45, 7) is 0.233. The summed E-state index contributed by atoms with van der Waals surface area (Å²) < 4.78 is 8.16. The van der Waals surface area contributed by atoms with Crippen molar-refractivity contribution in [2.45, 2.75) is 44.6 Å². The number of fused-ring (bicyclic) bond motifs is 1. The third-order valence-electron chi connectivity index (χ3n) is 6.56. The second-order valence-electron chi connectivity index (χ2n) is 9.19. The highest BCUT2D eigenvalue weighted by Crippen LogP contribution is 2.32. The van der Waals surface area contributed by atoms with Gasteiger partial charge in [0.1, 0.15) is 18.2 Å². The molecule has 1 saturated carbocycles. The molecule has 0 atom stereocenters. The zero-order chi connectivity index (χ0) is 25.8. The van der Waals surface area contributed by atoms with Gasteiger partial charge in [-0.3, -0.25) is 4.79 Å². The van der Waals surface area contributed by atoms with E-state index in [-0.39, 0.29) is 23.6 Å². The van der Waals surface area contributed by atoms with Gasteiger partial charge in [-0.05, 0) is 66.4 Å². The standard InChI is InChI=1S/C29H26BrN3O4/c30-23-12-13-26-25(16-23)28(34)33(27(32-26)21-8-2-1-3-9-21)31-17-19-6-5-11-24(15-19)37-18-20-7-4-10-22(14-20)29(35)36/h4-7,10-17,21H,1-3,8-9,18H2,(H,35,36). The monoisotopic (exact) mass is 559 g/mol. The van der Waals surface area contributed by atoms with Crippen LogP contribution in [0.25, 0.3) is 10.9 Å². The molecule has 4 aromatic rings. The van der Waals surface area contributed by atoms with Gasteiger partial charge in [-0.25, -0.2) is 9.78 Å². The number of aromatic nitrogens is 2. The van der Waals surface area contributed by atoms with Gasteiger partial charge >= 0.3 is 5.97 Å². The molecule has 0 bridgehead atoms. The molecule has 0 aliphatic heterocycles. The Kier molecular flexibility index (Phi) is 7.46. The Morgan fingerprint density at radius 1 is 1.08 bits per heavy atom. The van der Waals surface area contributed by atoms with E-state index in [1.807, 2.05) is 42.5 Å². The van der Waals surface area contributed by atoms with E-state index in [0.29, 0.717) is 22.5 Å². The average Bonchev–Trinajstić information content (AvgIpc) is 2.92. The molecule has 5 rings (SSSR count). The van der Waals surface area contributed by atoms with Gasteiger partial charge in [0.05, 0.1) is 22.7 Å². The second-order valence-corrected chi connectivity index (χ2v) is 10.1. The Morgan fingerprint density at radius 3 is 2.70 bits per heavy atom. The molecule has 8 heteroatoms. The van der Waals surface area contributed by atoms with Gasteiger partial charge in [-0.15, -0.1) is 0 Å². The van der Waals surface area contributed by atoms with Crippen LogP contribution in [0.4, 0.5) is 0 Å². The van der Waals surface area contributed by atoms with E-state index >= 15 is 0 Å². The summed E-state index contributed by atoms with van der Waals surface area (Å²) in [5.74, 6) is 0.549.